The van der Waals surface area contributed by atoms with E-state index in [1.54, 1.807) is 13.1 Å². The number of allylic oxidation sites excluding steroid dienone is 1. The van der Waals surface area contributed by atoms with Crippen LogP contribution in [0.1, 0.15) is 5.82 Å². The largest absolute Gasteiger partial charge is 0.477 e. The normalized spacial score (nSPS) is 20.6. The van der Waals surface area contributed by atoms with Crippen molar-refractivity contribution in [2.45, 2.75) is 16.4 Å². The standard InChI is InChI=1S/C16H15N7O5S2/c1-7(13-18-20-21-22(13)2)8-5-30-15-11(14(25)23(15)12(8)16(26)27)17-9(24)6-29-10-3-4-28-19-10/h3-4,11,15H,1,5-6H2,2H3,(H,17,24)(H,26,27)/t11?,15-/m1/s1. The predicted octanol–water partition coefficient (Wildman–Crippen LogP) is -0.258. The highest BCUT2D eigenvalue weighted by molar-refractivity contribution is 8.00. The third kappa shape index (κ3) is 3.47. The third-order valence-corrected chi connectivity index (χ3v) is 6.70. The summed E-state index contributed by atoms with van der Waals surface area (Å²) < 4.78 is 6.07. The van der Waals surface area contributed by atoms with E-state index < -0.39 is 23.3 Å². The van der Waals surface area contributed by atoms with E-state index in [4.69, 9.17) is 4.52 Å². The lowest BCUT2D eigenvalue weighted by Crippen LogP contribution is -2.70. The first-order valence-electron chi connectivity index (χ1n) is 8.54. The highest BCUT2D eigenvalue weighted by Gasteiger charge is 2.54. The molecule has 0 aromatic carbocycles. The number of nitrogens with one attached hydrogen (secondary N) is 1. The molecule has 2 aromatic heterocycles. The van der Waals surface area contributed by atoms with Crippen LogP contribution in [0.25, 0.3) is 5.57 Å². The van der Waals surface area contributed by atoms with Gasteiger partial charge in [-0.05, 0) is 10.4 Å². The minimum Gasteiger partial charge on any atom is -0.477 e. The molecule has 4 heterocycles. The SMILES string of the molecule is C=C(C1=C(C(=O)O)N2C(=O)C(NC(=O)CSc3ccon3)[C@H]2SC1)c1nnnn1C. The van der Waals surface area contributed by atoms with Gasteiger partial charge < -0.3 is 14.9 Å². The Hall–Kier alpha value is -3.13. The summed E-state index contributed by atoms with van der Waals surface area (Å²) in [4.78, 5) is 38.0. The molecular weight excluding hydrogens is 434 g/mol. The Morgan fingerprint density at radius 3 is 2.93 bits per heavy atom. The molecular formula is C16H15N7O5S2. The Morgan fingerprint density at radius 1 is 1.50 bits per heavy atom. The van der Waals surface area contributed by atoms with Crippen molar-refractivity contribution in [1.29, 1.82) is 0 Å². The Kier molecular flexibility index (Phi) is 5.34. The maximum absolute atomic E-state index is 12.7. The van der Waals surface area contributed by atoms with E-state index in [0.29, 0.717) is 22.0 Å². The molecule has 12 nitrogen and oxygen atoms in total. The second-order valence-electron chi connectivity index (χ2n) is 6.32. The number of hydrogen-bond donors (Lipinski definition) is 2. The summed E-state index contributed by atoms with van der Waals surface area (Å²) in [6.07, 6.45) is 1.40. The van der Waals surface area contributed by atoms with Gasteiger partial charge in [-0.2, -0.15) is 0 Å². The fourth-order valence-electron chi connectivity index (χ4n) is 3.10. The van der Waals surface area contributed by atoms with Crippen LogP contribution in [-0.4, -0.2) is 76.1 Å². The van der Waals surface area contributed by atoms with Gasteiger partial charge in [-0.1, -0.05) is 23.5 Å². The Morgan fingerprint density at radius 2 is 2.30 bits per heavy atom. The van der Waals surface area contributed by atoms with E-state index in [-0.39, 0.29) is 23.1 Å². The van der Waals surface area contributed by atoms with Crippen molar-refractivity contribution in [1.82, 2.24) is 35.6 Å². The number of rotatable bonds is 7. The number of carbonyl (C=O) groups is 3. The number of aromatic nitrogens is 5. The molecule has 2 N–H and O–H groups in total. The average molecular weight is 449 g/mol. The van der Waals surface area contributed by atoms with E-state index in [0.717, 1.165) is 0 Å². The van der Waals surface area contributed by atoms with Gasteiger partial charge in [0.15, 0.2) is 5.82 Å². The van der Waals surface area contributed by atoms with Crippen molar-refractivity contribution in [3.05, 3.63) is 36.0 Å². The number of nitrogens with zero attached hydrogens (tertiary/aromatic N) is 6. The van der Waals surface area contributed by atoms with Gasteiger partial charge in [0, 0.05) is 30.0 Å². The lowest BCUT2D eigenvalue weighted by molar-refractivity contribution is -0.150. The van der Waals surface area contributed by atoms with E-state index in [1.165, 1.54) is 39.4 Å². The smallest absolute Gasteiger partial charge is 0.352 e. The van der Waals surface area contributed by atoms with Crippen molar-refractivity contribution < 1.29 is 24.0 Å². The molecule has 2 aromatic rings. The molecule has 0 radical (unpaired) electrons. The number of hydrogen-bond acceptors (Lipinski definition) is 10. The number of β-lactam (4-membered cyclic amide) rings is 1. The number of aliphatic carboxylic acids is 1. The zero-order chi connectivity index (χ0) is 21.4. The number of amides is 2. The zero-order valence-electron chi connectivity index (χ0n) is 15.5. The second-order valence-corrected chi connectivity index (χ2v) is 8.42. The third-order valence-electron chi connectivity index (χ3n) is 4.51. The van der Waals surface area contributed by atoms with Crippen LogP contribution in [0.5, 0.6) is 0 Å². The minimum absolute atomic E-state index is 0.0521. The maximum Gasteiger partial charge on any atom is 0.352 e. The van der Waals surface area contributed by atoms with Crippen molar-refractivity contribution in [3.63, 3.8) is 0 Å². The van der Waals surface area contributed by atoms with Crippen LogP contribution >= 0.6 is 23.5 Å². The number of carbonyl (C=O) groups excluding carboxylic acids is 2. The molecule has 30 heavy (non-hydrogen) atoms. The number of aryl methyl sites for hydroxylation is 1. The van der Waals surface area contributed by atoms with Gasteiger partial charge in [0.2, 0.25) is 5.91 Å². The molecule has 1 saturated heterocycles. The molecule has 0 spiro atoms. The number of tetrazole rings is 1. The molecule has 0 saturated carbocycles. The molecule has 2 amide bonds. The van der Waals surface area contributed by atoms with Gasteiger partial charge in [0.25, 0.3) is 5.91 Å². The lowest BCUT2D eigenvalue weighted by Gasteiger charge is -2.49. The number of fused-ring (bicyclic) bond motifs is 1. The first-order valence-corrected chi connectivity index (χ1v) is 10.6. The predicted molar refractivity (Wildman–Crippen MR) is 105 cm³/mol. The van der Waals surface area contributed by atoms with Crippen molar-refractivity contribution in [3.8, 4) is 0 Å². The fraction of sp³-hybridized carbons (Fsp3) is 0.312. The number of thioether (sulfide) groups is 2. The van der Waals surface area contributed by atoms with Crippen LogP contribution in [0.15, 0.2) is 39.7 Å². The summed E-state index contributed by atoms with van der Waals surface area (Å²) in [5, 5.41) is 27.3. The van der Waals surface area contributed by atoms with E-state index in [1.807, 2.05) is 0 Å². The number of carboxylic acids is 1. The lowest BCUT2D eigenvalue weighted by atomic mass is 9.99. The van der Waals surface area contributed by atoms with Crippen LogP contribution in [0.3, 0.4) is 0 Å². The van der Waals surface area contributed by atoms with Crippen LogP contribution < -0.4 is 5.32 Å². The van der Waals surface area contributed by atoms with Gasteiger partial charge >= 0.3 is 5.97 Å². The monoisotopic (exact) mass is 449 g/mol. The van der Waals surface area contributed by atoms with Crippen molar-refractivity contribution in [2.24, 2.45) is 7.05 Å². The van der Waals surface area contributed by atoms with E-state index >= 15 is 0 Å². The van der Waals surface area contributed by atoms with Gasteiger partial charge in [0.05, 0.1) is 5.75 Å². The maximum atomic E-state index is 12.7. The Bertz CT molecular complexity index is 1060. The van der Waals surface area contributed by atoms with E-state index in [9.17, 15) is 19.5 Å². The topological polar surface area (TPSA) is 156 Å². The van der Waals surface area contributed by atoms with Crippen LogP contribution in [0.4, 0.5) is 0 Å². The second kappa shape index (κ2) is 7.95. The molecule has 4 rings (SSSR count). The van der Waals surface area contributed by atoms with Crippen LogP contribution in [0.2, 0.25) is 0 Å². The molecule has 2 aliphatic rings. The first-order chi connectivity index (χ1) is 14.4. The molecule has 2 atom stereocenters. The van der Waals surface area contributed by atoms with Gasteiger partial charge in [-0.25, -0.2) is 9.48 Å². The van der Waals surface area contributed by atoms with Gasteiger partial charge in [0.1, 0.15) is 28.4 Å². The van der Waals surface area contributed by atoms with Gasteiger partial charge in [-0.15, -0.1) is 16.9 Å². The molecule has 1 unspecified atom stereocenters. The van der Waals surface area contributed by atoms with E-state index in [2.05, 4.69) is 32.6 Å². The van der Waals surface area contributed by atoms with Crippen LogP contribution in [-0.2, 0) is 21.4 Å². The summed E-state index contributed by atoms with van der Waals surface area (Å²) in [5.41, 5.74) is 0.524. The highest BCUT2D eigenvalue weighted by atomic mass is 32.2. The molecule has 2 aliphatic heterocycles. The fourth-order valence-corrected chi connectivity index (χ4v) is 5.09. The zero-order valence-corrected chi connectivity index (χ0v) is 17.1. The quantitative estimate of drug-likeness (QED) is 0.424. The first kappa shape index (κ1) is 20.2. The molecule has 1 fully saturated rings. The van der Waals surface area contributed by atoms with Gasteiger partial charge in [-0.3, -0.25) is 14.5 Å². The Labute approximate surface area is 177 Å². The molecule has 0 aliphatic carbocycles. The molecule has 14 heteroatoms. The minimum atomic E-state index is -1.26. The summed E-state index contributed by atoms with van der Waals surface area (Å²) in [6.45, 7) is 3.92. The summed E-state index contributed by atoms with van der Waals surface area (Å²) in [7, 11) is 1.61. The summed E-state index contributed by atoms with van der Waals surface area (Å²) in [5.74, 6) is -1.47. The van der Waals surface area contributed by atoms with Crippen molar-refractivity contribution in [2.75, 3.05) is 11.5 Å². The summed E-state index contributed by atoms with van der Waals surface area (Å²) >= 11 is 2.51. The number of carboxylic acid groups (broad SMARTS) is 1. The molecule has 0 bridgehead atoms. The highest BCUT2D eigenvalue weighted by Crippen LogP contribution is 2.43. The summed E-state index contributed by atoms with van der Waals surface area (Å²) in [6, 6.07) is 0.817. The average Bonchev–Trinajstić information content (AvgIpc) is 3.40. The Balaban J connectivity index is 1.49. The van der Waals surface area contributed by atoms with Crippen LogP contribution in [0, 0.1) is 0 Å². The van der Waals surface area contributed by atoms with Crippen molar-refractivity contribution >= 4 is 46.9 Å². The molecule has 156 valence electrons.